The summed E-state index contributed by atoms with van der Waals surface area (Å²) in [4.78, 5) is 22.6. The molecule has 17 heavy (non-hydrogen) atoms. The van der Waals surface area contributed by atoms with Gasteiger partial charge in [-0.3, -0.25) is 0 Å². The van der Waals surface area contributed by atoms with Gasteiger partial charge in [-0.2, -0.15) is 0 Å². The fraction of sp³-hybridized carbons (Fsp3) is 0.385. The van der Waals surface area contributed by atoms with Crippen LogP contribution in [0.25, 0.3) is 0 Å². The molecular weight excluding hydrogens is 220 g/mol. The van der Waals surface area contributed by atoms with Crippen LogP contribution in [0.5, 0.6) is 0 Å². The minimum absolute atomic E-state index is 0.265. The van der Waals surface area contributed by atoms with E-state index in [1.54, 1.807) is 31.2 Å². The van der Waals surface area contributed by atoms with Crippen molar-refractivity contribution in [3.8, 4) is 0 Å². The van der Waals surface area contributed by atoms with E-state index < -0.39 is 11.4 Å². The normalized spacial score (nSPS) is 13.8. The van der Waals surface area contributed by atoms with Crippen LogP contribution in [0.4, 0.5) is 0 Å². The van der Waals surface area contributed by atoms with Gasteiger partial charge >= 0.3 is 5.97 Å². The Hall–Kier alpha value is -1.68. The van der Waals surface area contributed by atoms with Crippen LogP contribution >= 0.6 is 0 Å². The second-order valence-corrected chi connectivity index (χ2v) is 4.04. The zero-order chi connectivity index (χ0) is 12.9. The number of ether oxygens (including phenoxy) is 2. The van der Waals surface area contributed by atoms with Crippen LogP contribution in [0.3, 0.4) is 0 Å². The zero-order valence-electron chi connectivity index (χ0n) is 10.2. The number of benzene rings is 1. The van der Waals surface area contributed by atoms with Gasteiger partial charge in [0.1, 0.15) is 6.29 Å². The zero-order valence-corrected chi connectivity index (χ0v) is 10.2. The molecule has 0 bridgehead atoms. The largest absolute Gasteiger partial charge is 0.465 e. The molecule has 4 heteroatoms. The third-order valence-electron chi connectivity index (χ3n) is 2.65. The Labute approximate surface area is 101 Å². The van der Waals surface area contributed by atoms with E-state index in [2.05, 4.69) is 4.74 Å². The maximum absolute atomic E-state index is 11.4. The molecule has 0 aliphatic rings. The Kier molecular flexibility index (Phi) is 4.40. The Balaban J connectivity index is 3.13. The summed E-state index contributed by atoms with van der Waals surface area (Å²) >= 11 is 0. The summed E-state index contributed by atoms with van der Waals surface area (Å²) in [6.07, 6.45) is 0.826. The highest BCUT2D eigenvalue weighted by Gasteiger charge is 2.26. The molecule has 1 atom stereocenters. The average molecular weight is 236 g/mol. The third kappa shape index (κ3) is 2.91. The van der Waals surface area contributed by atoms with Gasteiger partial charge in [0, 0.05) is 7.11 Å². The molecule has 0 amide bonds. The van der Waals surface area contributed by atoms with Crippen LogP contribution in [0.1, 0.15) is 22.8 Å². The molecule has 1 aromatic rings. The summed E-state index contributed by atoms with van der Waals surface area (Å²) in [6, 6.07) is 6.81. The molecule has 0 fully saturated rings. The Morgan fingerprint density at radius 3 is 2.65 bits per heavy atom. The number of methoxy groups -OCH3 is 2. The van der Waals surface area contributed by atoms with Crippen molar-refractivity contribution in [3.63, 3.8) is 0 Å². The van der Waals surface area contributed by atoms with Crippen molar-refractivity contribution in [3.05, 3.63) is 35.4 Å². The van der Waals surface area contributed by atoms with Gasteiger partial charge in [0.05, 0.1) is 24.7 Å². The van der Waals surface area contributed by atoms with Crippen molar-refractivity contribution in [2.75, 3.05) is 20.8 Å². The molecule has 0 spiro atoms. The second kappa shape index (κ2) is 5.59. The molecule has 0 aliphatic carbocycles. The molecule has 0 aromatic heterocycles. The third-order valence-corrected chi connectivity index (χ3v) is 2.65. The molecule has 1 aromatic carbocycles. The molecule has 0 radical (unpaired) electrons. The van der Waals surface area contributed by atoms with Gasteiger partial charge in [-0.05, 0) is 24.6 Å². The van der Waals surface area contributed by atoms with E-state index >= 15 is 0 Å². The van der Waals surface area contributed by atoms with Crippen LogP contribution in [0.15, 0.2) is 24.3 Å². The molecule has 0 saturated heterocycles. The van der Waals surface area contributed by atoms with E-state index in [4.69, 9.17) is 4.74 Å². The lowest BCUT2D eigenvalue weighted by atomic mass is 9.84. The quantitative estimate of drug-likeness (QED) is 0.575. The molecule has 1 unspecified atom stereocenters. The minimum Gasteiger partial charge on any atom is -0.465 e. The first-order valence-electron chi connectivity index (χ1n) is 5.21. The van der Waals surface area contributed by atoms with Crippen molar-refractivity contribution in [2.24, 2.45) is 0 Å². The fourth-order valence-corrected chi connectivity index (χ4v) is 1.60. The van der Waals surface area contributed by atoms with Crippen LogP contribution in [0.2, 0.25) is 0 Å². The number of hydrogen-bond acceptors (Lipinski definition) is 4. The Morgan fingerprint density at radius 2 is 2.12 bits per heavy atom. The fourth-order valence-electron chi connectivity index (χ4n) is 1.60. The molecule has 4 nitrogen and oxygen atoms in total. The van der Waals surface area contributed by atoms with Gasteiger partial charge < -0.3 is 14.3 Å². The average Bonchev–Trinajstić information content (AvgIpc) is 2.38. The van der Waals surface area contributed by atoms with Crippen molar-refractivity contribution in [1.29, 1.82) is 0 Å². The first-order valence-corrected chi connectivity index (χ1v) is 5.21. The van der Waals surface area contributed by atoms with E-state index in [1.807, 2.05) is 0 Å². The Bertz CT molecular complexity index is 414. The number of hydrogen-bond donors (Lipinski definition) is 0. The van der Waals surface area contributed by atoms with Gasteiger partial charge in [0.15, 0.2) is 0 Å². The lowest BCUT2D eigenvalue weighted by Crippen LogP contribution is -2.29. The molecule has 0 heterocycles. The van der Waals surface area contributed by atoms with E-state index in [0.29, 0.717) is 5.56 Å². The molecule has 0 aliphatic heterocycles. The number of carbonyl (C=O) groups excluding carboxylic acids is 2. The first kappa shape index (κ1) is 13.4. The Morgan fingerprint density at radius 1 is 1.41 bits per heavy atom. The molecule has 92 valence electrons. The summed E-state index contributed by atoms with van der Waals surface area (Å²) in [5.41, 5.74) is 0.408. The lowest BCUT2D eigenvalue weighted by molar-refractivity contribution is -0.113. The van der Waals surface area contributed by atoms with E-state index in [1.165, 1.54) is 14.2 Å². The summed E-state index contributed by atoms with van der Waals surface area (Å²) < 4.78 is 9.67. The number of carbonyl (C=O) groups is 2. The summed E-state index contributed by atoms with van der Waals surface area (Å²) in [5.74, 6) is -0.419. The van der Waals surface area contributed by atoms with Crippen LogP contribution in [0, 0.1) is 0 Å². The SMILES string of the molecule is COCC(C)(C=O)c1cccc(C(=O)OC)c1. The maximum atomic E-state index is 11.4. The first-order chi connectivity index (χ1) is 8.07. The number of rotatable bonds is 5. The van der Waals surface area contributed by atoms with Crippen molar-refractivity contribution in [2.45, 2.75) is 12.3 Å². The molecule has 0 N–H and O–H groups in total. The van der Waals surface area contributed by atoms with E-state index in [0.717, 1.165) is 11.8 Å². The predicted molar refractivity (Wildman–Crippen MR) is 63.1 cm³/mol. The van der Waals surface area contributed by atoms with E-state index in [-0.39, 0.29) is 6.61 Å². The van der Waals surface area contributed by atoms with Crippen LogP contribution in [-0.2, 0) is 19.7 Å². The van der Waals surface area contributed by atoms with Gasteiger partial charge in [-0.25, -0.2) is 4.79 Å². The minimum atomic E-state index is -0.751. The highest BCUT2D eigenvalue weighted by molar-refractivity contribution is 5.89. The van der Waals surface area contributed by atoms with Crippen LogP contribution < -0.4 is 0 Å². The molecule has 1 rings (SSSR count). The van der Waals surface area contributed by atoms with Crippen LogP contribution in [-0.4, -0.2) is 33.1 Å². The van der Waals surface area contributed by atoms with Gasteiger partial charge in [-0.15, -0.1) is 0 Å². The van der Waals surface area contributed by atoms with Crippen molar-refractivity contribution < 1.29 is 19.1 Å². The molecule has 0 saturated carbocycles. The standard InChI is InChI=1S/C13H16O4/c1-13(8-14,9-16-2)11-6-4-5-10(7-11)12(15)17-3/h4-8H,9H2,1-3H3. The smallest absolute Gasteiger partial charge is 0.337 e. The van der Waals surface area contributed by atoms with Gasteiger partial charge in [-0.1, -0.05) is 12.1 Å². The van der Waals surface area contributed by atoms with Crippen molar-refractivity contribution >= 4 is 12.3 Å². The highest BCUT2D eigenvalue weighted by Crippen LogP contribution is 2.23. The predicted octanol–water partition coefficient (Wildman–Crippen LogP) is 1.58. The van der Waals surface area contributed by atoms with Gasteiger partial charge in [0.2, 0.25) is 0 Å². The monoisotopic (exact) mass is 236 g/mol. The molecular formula is C13H16O4. The summed E-state index contributed by atoms with van der Waals surface area (Å²) in [5, 5.41) is 0. The maximum Gasteiger partial charge on any atom is 0.337 e. The highest BCUT2D eigenvalue weighted by atomic mass is 16.5. The number of esters is 1. The van der Waals surface area contributed by atoms with E-state index in [9.17, 15) is 9.59 Å². The van der Waals surface area contributed by atoms with Crippen molar-refractivity contribution in [1.82, 2.24) is 0 Å². The topological polar surface area (TPSA) is 52.6 Å². The lowest BCUT2D eigenvalue weighted by Gasteiger charge is -2.22. The van der Waals surface area contributed by atoms with Gasteiger partial charge in [0.25, 0.3) is 0 Å². The summed E-state index contributed by atoms with van der Waals surface area (Å²) in [7, 11) is 2.86. The second-order valence-electron chi connectivity index (χ2n) is 4.04. The summed E-state index contributed by atoms with van der Waals surface area (Å²) in [6.45, 7) is 2.03. The number of aldehydes is 1.